The summed E-state index contributed by atoms with van der Waals surface area (Å²) in [5.74, 6) is 1.22. The van der Waals surface area contributed by atoms with Crippen LogP contribution in [0.4, 0.5) is 0 Å². The first-order chi connectivity index (χ1) is 25.8. The van der Waals surface area contributed by atoms with Crippen molar-refractivity contribution in [3.63, 3.8) is 0 Å². The van der Waals surface area contributed by atoms with E-state index in [1.165, 1.54) is 23.8 Å². The molecule has 0 aliphatic carbocycles. The summed E-state index contributed by atoms with van der Waals surface area (Å²) >= 11 is 20.9. The molecule has 0 aliphatic heterocycles. The van der Waals surface area contributed by atoms with Crippen LogP contribution in [-0.2, 0) is 25.1 Å². The molecular weight excluding hydrogens is 809 g/mol. The number of carbonyl (C=O) groups is 2. The number of alkyl halides is 1. The van der Waals surface area contributed by atoms with E-state index in [2.05, 4.69) is 32.9 Å². The molecule has 0 radical (unpaired) electrons. The van der Waals surface area contributed by atoms with Crippen LogP contribution in [0.25, 0.3) is 4.85 Å². The van der Waals surface area contributed by atoms with Crippen molar-refractivity contribution in [1.29, 1.82) is 0 Å². The number of hydrogen-bond donors (Lipinski definition) is 1. The summed E-state index contributed by atoms with van der Waals surface area (Å²) in [5.41, 5.74) is 5.40. The molecule has 0 amide bonds. The highest BCUT2D eigenvalue weighted by molar-refractivity contribution is 9.08. The van der Waals surface area contributed by atoms with Crippen molar-refractivity contribution in [2.75, 3.05) is 0 Å². The van der Waals surface area contributed by atoms with Gasteiger partial charge in [0.2, 0.25) is 6.54 Å². The maximum atomic E-state index is 10.5. The fraction of sp³-hybridized carbons (Fsp3) is 0.114. The first-order valence-electron chi connectivity index (χ1n) is 16.0. The fourth-order valence-electron chi connectivity index (χ4n) is 4.19. The number of phenolic OH excluding ortho intramolecular Hbond substituents is 1. The van der Waals surface area contributed by atoms with Gasteiger partial charge in [0, 0.05) is 22.0 Å². The average Bonchev–Trinajstić information content (AvgIpc) is 3.20. The van der Waals surface area contributed by atoms with E-state index in [9.17, 15) is 9.59 Å². The van der Waals surface area contributed by atoms with Crippen LogP contribution >= 0.6 is 50.7 Å². The topological polar surface area (TPSA) is 77.2 Å². The molecule has 1 N–H and O–H groups in total. The van der Waals surface area contributed by atoms with Gasteiger partial charge in [-0.1, -0.05) is 149 Å². The van der Waals surface area contributed by atoms with Crippen LogP contribution in [0, 0.1) is 6.57 Å². The Morgan fingerprint density at radius 1 is 0.574 bits per heavy atom. The highest BCUT2D eigenvalue weighted by Crippen LogP contribution is 2.27. The number of carbonyl (C=O) groups excluding carboxylic acids is 2. The van der Waals surface area contributed by atoms with Crippen molar-refractivity contribution in [2.24, 2.45) is 0 Å². The van der Waals surface area contributed by atoms with Crippen molar-refractivity contribution in [2.45, 2.75) is 32.5 Å². The molecule has 0 heterocycles. The van der Waals surface area contributed by atoms with E-state index in [0.717, 1.165) is 28.3 Å². The van der Waals surface area contributed by atoms with E-state index in [1.54, 1.807) is 24.3 Å². The number of aromatic hydroxyl groups is 1. The molecule has 0 aliphatic rings. The molecule has 6 nitrogen and oxygen atoms in total. The van der Waals surface area contributed by atoms with Crippen LogP contribution < -0.4 is 9.47 Å². The van der Waals surface area contributed by atoms with Crippen LogP contribution in [0.3, 0.4) is 0 Å². The summed E-state index contributed by atoms with van der Waals surface area (Å²) in [6, 6.07) is 44.7. The first kappa shape index (κ1) is 45.1. The lowest BCUT2D eigenvalue weighted by molar-refractivity contribution is 0.111. The molecule has 0 saturated heterocycles. The minimum atomic E-state index is -0.00716. The summed E-state index contributed by atoms with van der Waals surface area (Å²) in [6.45, 7) is 8.10. The normalized spacial score (nSPS) is 9.46. The predicted octanol–water partition coefficient (Wildman–Crippen LogP) is 13.1. The summed E-state index contributed by atoms with van der Waals surface area (Å²) < 4.78 is 11.2. The highest BCUT2D eigenvalue weighted by atomic mass is 79.9. The molecule has 6 aromatic carbocycles. The zero-order valence-electron chi connectivity index (χ0n) is 28.4. The molecule has 54 heavy (non-hydrogen) atoms. The number of aldehydes is 2. The maximum Gasteiger partial charge on any atom is 0.239 e. The highest BCUT2D eigenvalue weighted by Gasteiger charge is 2.05. The molecular formula is C44H39BrCl3NO5. The van der Waals surface area contributed by atoms with Crippen molar-refractivity contribution < 1.29 is 24.2 Å². The quantitative estimate of drug-likeness (QED) is 0.0844. The van der Waals surface area contributed by atoms with Gasteiger partial charge < -0.3 is 19.4 Å². The molecule has 0 bridgehead atoms. The summed E-state index contributed by atoms with van der Waals surface area (Å²) in [7, 11) is 0. The standard InChI is InChI=1S/C15H12ClNO.C14H11ClO2.C7H7Br.C7H5ClO2.CH4/c1-17-10-13-7-8-15(14(16)9-13)18-11-12-5-3-2-4-6-12;15-13-8-12(9-16)6-7-14(13)17-10-11-4-2-1-3-5-11;8-6-7-4-2-1-3-5-7;8-6-3-5(4-9)1-2-7(6)10;/h2-9H,10-11H2;1-9H,10H2;1-5H,6H2;1-4,10H;1H4. The van der Waals surface area contributed by atoms with Gasteiger partial charge in [-0.2, -0.15) is 0 Å². The first-order valence-corrected chi connectivity index (χ1v) is 18.2. The van der Waals surface area contributed by atoms with Gasteiger partial charge in [0.05, 0.1) is 15.1 Å². The lowest BCUT2D eigenvalue weighted by Gasteiger charge is -2.08. The molecule has 278 valence electrons. The molecule has 0 aromatic heterocycles. The third-order valence-corrected chi connectivity index (χ3v) is 8.47. The van der Waals surface area contributed by atoms with E-state index in [4.69, 9.17) is 56.0 Å². The fourth-order valence-corrected chi connectivity index (χ4v) is 5.26. The lowest BCUT2D eigenvalue weighted by Crippen LogP contribution is -1.96. The number of phenols is 1. The van der Waals surface area contributed by atoms with Crippen molar-refractivity contribution in [1.82, 2.24) is 0 Å². The predicted molar refractivity (Wildman–Crippen MR) is 224 cm³/mol. The Hall–Kier alpha value is -5.10. The molecule has 6 aromatic rings. The third kappa shape index (κ3) is 16.7. The zero-order valence-corrected chi connectivity index (χ0v) is 32.2. The monoisotopic (exact) mass is 845 g/mol. The summed E-state index contributed by atoms with van der Waals surface area (Å²) in [6.07, 6.45) is 1.43. The van der Waals surface area contributed by atoms with Crippen LogP contribution in [0.2, 0.25) is 15.1 Å². The summed E-state index contributed by atoms with van der Waals surface area (Å²) in [5, 5.41) is 11.0. The van der Waals surface area contributed by atoms with Crippen LogP contribution in [0.15, 0.2) is 146 Å². The van der Waals surface area contributed by atoms with E-state index in [-0.39, 0.29) is 18.2 Å². The Kier molecular flexibility index (Phi) is 21.5. The molecule has 0 saturated carbocycles. The van der Waals surface area contributed by atoms with E-state index in [0.29, 0.717) is 58.7 Å². The van der Waals surface area contributed by atoms with Crippen molar-refractivity contribution >= 4 is 63.3 Å². The van der Waals surface area contributed by atoms with Crippen molar-refractivity contribution in [3.8, 4) is 17.2 Å². The van der Waals surface area contributed by atoms with E-state index in [1.807, 2.05) is 91.0 Å². The number of nitrogens with zero attached hydrogens (tertiary/aromatic N) is 1. The minimum Gasteiger partial charge on any atom is -0.506 e. The van der Waals surface area contributed by atoms with Gasteiger partial charge in [0.25, 0.3) is 0 Å². The smallest absolute Gasteiger partial charge is 0.239 e. The van der Waals surface area contributed by atoms with Gasteiger partial charge in [0.1, 0.15) is 43.0 Å². The molecule has 0 fully saturated rings. The Labute approximate surface area is 340 Å². The van der Waals surface area contributed by atoms with Crippen LogP contribution in [-0.4, -0.2) is 17.7 Å². The molecule has 10 heteroatoms. The molecule has 6 rings (SSSR count). The Morgan fingerprint density at radius 3 is 1.39 bits per heavy atom. The molecule has 0 spiro atoms. The number of halogens is 4. The second-order valence-corrected chi connectivity index (χ2v) is 12.7. The number of rotatable bonds is 10. The zero-order chi connectivity index (χ0) is 38.3. The van der Waals surface area contributed by atoms with Crippen molar-refractivity contribution in [3.05, 3.63) is 205 Å². The second-order valence-electron chi connectivity index (χ2n) is 10.9. The van der Waals surface area contributed by atoms with Gasteiger partial charge in [-0.05, 0) is 71.3 Å². The number of benzene rings is 6. The van der Waals surface area contributed by atoms with E-state index >= 15 is 0 Å². The van der Waals surface area contributed by atoms with Crippen LogP contribution in [0.1, 0.15) is 50.4 Å². The van der Waals surface area contributed by atoms with Gasteiger partial charge in [0.15, 0.2) is 0 Å². The minimum absolute atomic E-state index is 0. The number of ether oxygens (including phenoxy) is 2. The largest absolute Gasteiger partial charge is 0.506 e. The van der Waals surface area contributed by atoms with Gasteiger partial charge >= 0.3 is 0 Å². The third-order valence-electron chi connectivity index (χ3n) is 6.93. The SMILES string of the molecule is BrCc1ccccc1.C.O=Cc1ccc(O)c(Cl)c1.O=Cc1ccc(OCc2ccccc2)c(Cl)c1.[C-]#[N+]Cc1ccc(OCc2ccccc2)c(Cl)c1. The van der Waals surface area contributed by atoms with E-state index < -0.39 is 0 Å². The lowest BCUT2D eigenvalue weighted by atomic mass is 10.2. The van der Waals surface area contributed by atoms with Gasteiger partial charge in [-0.15, -0.1) is 0 Å². The Morgan fingerprint density at radius 2 is 1.00 bits per heavy atom. The maximum absolute atomic E-state index is 10.5. The second kappa shape index (κ2) is 25.8. The average molecular weight is 848 g/mol. The number of hydrogen-bond acceptors (Lipinski definition) is 5. The van der Waals surface area contributed by atoms with Gasteiger partial charge in [-0.25, -0.2) is 6.57 Å². The molecule has 0 unspecified atom stereocenters. The molecule has 0 atom stereocenters. The Balaban J connectivity index is 0.000000259. The van der Waals surface area contributed by atoms with Gasteiger partial charge in [-0.3, -0.25) is 9.59 Å². The summed E-state index contributed by atoms with van der Waals surface area (Å²) in [4.78, 5) is 24.0. The Bertz CT molecular complexity index is 2040. The van der Waals surface area contributed by atoms with Crippen LogP contribution in [0.5, 0.6) is 17.2 Å².